The first-order valence-electron chi connectivity index (χ1n) is 10.8. The van der Waals surface area contributed by atoms with E-state index in [4.69, 9.17) is 0 Å². The lowest BCUT2D eigenvalue weighted by molar-refractivity contribution is -0.136. The van der Waals surface area contributed by atoms with Gasteiger partial charge in [0, 0.05) is 11.4 Å². The minimum absolute atomic E-state index is 0.0552. The Labute approximate surface area is 181 Å². The van der Waals surface area contributed by atoms with E-state index in [0.717, 1.165) is 22.4 Å². The largest absolute Gasteiger partial charge is 0.325 e. The molecule has 1 saturated carbocycles. The SMILES string of the molecule is CC1CC(C)(C)CC2(C1)NC(=O)N(CC(=O)Nc1cnc3c(cnn3C(C)C)c1)C2=O. The Morgan fingerprint density at radius 1 is 1.29 bits per heavy atom. The monoisotopic (exact) mass is 426 g/mol. The van der Waals surface area contributed by atoms with Gasteiger partial charge in [0.05, 0.1) is 18.1 Å². The van der Waals surface area contributed by atoms with Crippen LogP contribution in [0.5, 0.6) is 0 Å². The summed E-state index contributed by atoms with van der Waals surface area (Å²) < 4.78 is 1.81. The zero-order valence-corrected chi connectivity index (χ0v) is 18.7. The fourth-order valence-corrected chi connectivity index (χ4v) is 5.38. The number of nitrogens with zero attached hydrogens (tertiary/aromatic N) is 4. The first-order chi connectivity index (χ1) is 14.5. The molecular weight excluding hydrogens is 396 g/mol. The standard InChI is InChI=1S/C22H30N6O3/c1-13(2)28-18-15(9-24-28)6-16(10-23-18)25-17(29)11-27-19(30)22(26-20(27)31)8-14(3)7-21(4,5)12-22/h6,9-10,13-14H,7-8,11-12H2,1-5H3,(H,25,29)(H,26,31). The Bertz CT molecular complexity index is 1060. The summed E-state index contributed by atoms with van der Waals surface area (Å²) >= 11 is 0. The molecular formula is C22H30N6O3. The Kier molecular flexibility index (Phi) is 5.02. The van der Waals surface area contributed by atoms with Gasteiger partial charge in [0.2, 0.25) is 5.91 Å². The molecule has 9 heteroatoms. The Morgan fingerprint density at radius 3 is 2.71 bits per heavy atom. The number of imide groups is 1. The average Bonchev–Trinajstić information content (AvgIpc) is 3.14. The van der Waals surface area contributed by atoms with E-state index in [1.165, 1.54) is 0 Å². The summed E-state index contributed by atoms with van der Waals surface area (Å²) in [6, 6.07) is 1.45. The van der Waals surface area contributed by atoms with Crippen LogP contribution < -0.4 is 10.6 Å². The maximum absolute atomic E-state index is 13.2. The second-order valence-corrected chi connectivity index (χ2v) is 10.1. The molecule has 1 spiro atoms. The van der Waals surface area contributed by atoms with Gasteiger partial charge in [0.15, 0.2) is 5.65 Å². The van der Waals surface area contributed by atoms with Crippen LogP contribution in [0.3, 0.4) is 0 Å². The van der Waals surface area contributed by atoms with Crippen molar-refractivity contribution in [3.05, 3.63) is 18.5 Å². The van der Waals surface area contributed by atoms with Gasteiger partial charge in [0.1, 0.15) is 12.1 Å². The summed E-state index contributed by atoms with van der Waals surface area (Å²) in [5.74, 6) is -0.438. The molecule has 2 atom stereocenters. The molecule has 1 saturated heterocycles. The van der Waals surface area contributed by atoms with E-state index in [1.807, 2.05) is 13.8 Å². The van der Waals surface area contributed by atoms with Gasteiger partial charge in [0.25, 0.3) is 5.91 Å². The Hall–Kier alpha value is -2.97. The molecule has 0 bridgehead atoms. The van der Waals surface area contributed by atoms with E-state index in [2.05, 4.69) is 41.5 Å². The minimum atomic E-state index is -0.912. The molecule has 3 heterocycles. The first kappa shape index (κ1) is 21.3. The molecule has 2 aromatic rings. The normalized spacial score (nSPS) is 25.5. The topological polar surface area (TPSA) is 109 Å². The second-order valence-electron chi connectivity index (χ2n) is 10.1. The van der Waals surface area contributed by atoms with Gasteiger partial charge in [-0.1, -0.05) is 20.8 Å². The minimum Gasteiger partial charge on any atom is -0.323 e. The molecule has 9 nitrogen and oxygen atoms in total. The third-order valence-corrected chi connectivity index (χ3v) is 6.13. The Morgan fingerprint density at radius 2 is 2.03 bits per heavy atom. The molecule has 2 fully saturated rings. The lowest BCUT2D eigenvalue weighted by Gasteiger charge is -2.43. The second kappa shape index (κ2) is 7.32. The zero-order chi connectivity index (χ0) is 22.6. The smallest absolute Gasteiger partial charge is 0.323 e. The predicted octanol–water partition coefficient (Wildman–Crippen LogP) is 3.09. The molecule has 2 N–H and O–H groups in total. The van der Waals surface area contributed by atoms with Crippen molar-refractivity contribution >= 4 is 34.6 Å². The molecule has 0 radical (unpaired) electrons. The average molecular weight is 427 g/mol. The molecule has 166 valence electrons. The van der Waals surface area contributed by atoms with E-state index in [0.29, 0.717) is 24.4 Å². The third-order valence-electron chi connectivity index (χ3n) is 6.13. The van der Waals surface area contributed by atoms with Crippen molar-refractivity contribution in [1.29, 1.82) is 0 Å². The van der Waals surface area contributed by atoms with Crippen LogP contribution >= 0.6 is 0 Å². The van der Waals surface area contributed by atoms with Crippen LogP contribution in [0.4, 0.5) is 10.5 Å². The van der Waals surface area contributed by atoms with Crippen molar-refractivity contribution < 1.29 is 14.4 Å². The number of fused-ring (bicyclic) bond motifs is 1. The molecule has 4 amide bonds. The van der Waals surface area contributed by atoms with Crippen molar-refractivity contribution in [3.63, 3.8) is 0 Å². The zero-order valence-electron chi connectivity index (χ0n) is 18.7. The number of urea groups is 1. The first-order valence-corrected chi connectivity index (χ1v) is 10.8. The Balaban J connectivity index is 1.47. The van der Waals surface area contributed by atoms with Gasteiger partial charge < -0.3 is 10.6 Å². The molecule has 0 aromatic carbocycles. The van der Waals surface area contributed by atoms with Crippen molar-refractivity contribution in [2.45, 2.75) is 65.5 Å². The van der Waals surface area contributed by atoms with Crippen LogP contribution in [0.25, 0.3) is 11.0 Å². The highest BCUT2D eigenvalue weighted by atomic mass is 16.2. The van der Waals surface area contributed by atoms with Gasteiger partial charge >= 0.3 is 6.03 Å². The van der Waals surface area contributed by atoms with Crippen molar-refractivity contribution in [2.24, 2.45) is 11.3 Å². The summed E-state index contributed by atoms with van der Waals surface area (Å²) in [5, 5.41) is 10.8. The predicted molar refractivity (Wildman–Crippen MR) is 116 cm³/mol. The number of hydrogen-bond acceptors (Lipinski definition) is 5. The highest BCUT2D eigenvalue weighted by Crippen LogP contribution is 2.46. The summed E-state index contributed by atoms with van der Waals surface area (Å²) in [6.45, 7) is 10.0. The summed E-state index contributed by atoms with van der Waals surface area (Å²) in [5.41, 5.74) is 0.262. The number of carbonyl (C=O) groups excluding carboxylic acids is 3. The molecule has 1 aliphatic carbocycles. The highest BCUT2D eigenvalue weighted by Gasteiger charge is 2.56. The van der Waals surface area contributed by atoms with Gasteiger partial charge in [-0.2, -0.15) is 5.10 Å². The van der Waals surface area contributed by atoms with Gasteiger partial charge in [-0.05, 0) is 50.5 Å². The lowest BCUT2D eigenvalue weighted by Crippen LogP contribution is -2.54. The summed E-state index contributed by atoms with van der Waals surface area (Å²) in [4.78, 5) is 43.9. The fraction of sp³-hybridized carbons (Fsp3) is 0.591. The van der Waals surface area contributed by atoms with Crippen LogP contribution in [0.15, 0.2) is 18.5 Å². The van der Waals surface area contributed by atoms with Gasteiger partial charge in [-0.3, -0.25) is 14.5 Å². The van der Waals surface area contributed by atoms with Crippen molar-refractivity contribution in [1.82, 2.24) is 25.0 Å². The van der Waals surface area contributed by atoms with Crippen LogP contribution in [-0.2, 0) is 9.59 Å². The molecule has 2 aromatic heterocycles. The number of amides is 4. The molecule has 1 aliphatic heterocycles. The number of nitrogens with one attached hydrogen (secondary N) is 2. The van der Waals surface area contributed by atoms with E-state index in [1.54, 1.807) is 23.1 Å². The maximum Gasteiger partial charge on any atom is 0.325 e. The summed E-state index contributed by atoms with van der Waals surface area (Å²) in [6.07, 6.45) is 5.43. The fourth-order valence-electron chi connectivity index (χ4n) is 5.38. The number of pyridine rings is 1. The van der Waals surface area contributed by atoms with Crippen LogP contribution in [0, 0.1) is 11.3 Å². The number of anilines is 1. The van der Waals surface area contributed by atoms with E-state index >= 15 is 0 Å². The molecule has 2 unspecified atom stereocenters. The van der Waals surface area contributed by atoms with E-state index in [-0.39, 0.29) is 23.9 Å². The number of hydrogen-bond donors (Lipinski definition) is 2. The lowest BCUT2D eigenvalue weighted by atomic mass is 9.64. The number of aromatic nitrogens is 3. The van der Waals surface area contributed by atoms with Crippen LogP contribution in [-0.4, -0.2) is 49.6 Å². The van der Waals surface area contributed by atoms with Crippen LogP contribution in [0.2, 0.25) is 0 Å². The molecule has 2 aliphatic rings. The highest BCUT2D eigenvalue weighted by molar-refractivity contribution is 6.10. The number of carbonyl (C=O) groups is 3. The molecule has 4 rings (SSSR count). The van der Waals surface area contributed by atoms with Crippen LogP contribution in [0.1, 0.15) is 59.9 Å². The third kappa shape index (κ3) is 3.88. The van der Waals surface area contributed by atoms with Crippen molar-refractivity contribution in [3.8, 4) is 0 Å². The quantitative estimate of drug-likeness (QED) is 0.730. The van der Waals surface area contributed by atoms with E-state index in [9.17, 15) is 14.4 Å². The van der Waals surface area contributed by atoms with Gasteiger partial charge in [-0.15, -0.1) is 0 Å². The van der Waals surface area contributed by atoms with Crippen molar-refractivity contribution in [2.75, 3.05) is 11.9 Å². The summed E-state index contributed by atoms with van der Waals surface area (Å²) in [7, 11) is 0. The van der Waals surface area contributed by atoms with E-state index < -0.39 is 17.5 Å². The number of rotatable bonds is 4. The molecule has 31 heavy (non-hydrogen) atoms. The van der Waals surface area contributed by atoms with Gasteiger partial charge in [-0.25, -0.2) is 14.5 Å². The maximum atomic E-state index is 13.2.